The molecule has 1 fully saturated rings. The second-order valence-electron chi connectivity index (χ2n) is 6.14. The van der Waals surface area contributed by atoms with Gasteiger partial charge >= 0.3 is 5.92 Å². The molecule has 9 heteroatoms. The van der Waals surface area contributed by atoms with E-state index in [1.165, 1.54) is 0 Å². The van der Waals surface area contributed by atoms with Crippen LogP contribution in [0.5, 0.6) is 5.75 Å². The molecule has 2 aliphatic rings. The van der Waals surface area contributed by atoms with Crippen LogP contribution in [0.2, 0.25) is 0 Å². The van der Waals surface area contributed by atoms with Gasteiger partial charge in [-0.25, -0.2) is 12.8 Å². The predicted molar refractivity (Wildman–Crippen MR) is 76.0 cm³/mol. The van der Waals surface area contributed by atoms with Crippen molar-refractivity contribution in [1.82, 2.24) is 0 Å². The van der Waals surface area contributed by atoms with Crippen molar-refractivity contribution in [1.29, 1.82) is 5.26 Å². The van der Waals surface area contributed by atoms with E-state index in [1.54, 1.807) is 0 Å². The summed E-state index contributed by atoms with van der Waals surface area (Å²) in [4.78, 5) is -0.543. The van der Waals surface area contributed by atoms with Gasteiger partial charge in [0.05, 0.1) is 23.5 Å². The molecule has 0 heterocycles. The molecule has 2 aliphatic carbocycles. The summed E-state index contributed by atoms with van der Waals surface area (Å²) in [5.41, 5.74) is -1.29. The Morgan fingerprint density at radius 3 is 2.62 bits per heavy atom. The molecule has 3 rings (SSSR count). The van der Waals surface area contributed by atoms with Crippen molar-refractivity contribution in [3.63, 3.8) is 0 Å². The SMILES string of the molecule is CS(=O)(=O)c1ccc(OC[C@@H]2C[C@@H]2C#N)c2c1[C@H](O)C(F)(F)[C@@H]2F. The summed E-state index contributed by atoms with van der Waals surface area (Å²) in [6.07, 6.45) is -4.03. The van der Waals surface area contributed by atoms with Crippen LogP contribution in [0, 0.1) is 23.2 Å². The Bertz CT molecular complexity index is 834. The Hall–Kier alpha value is -1.79. The highest BCUT2D eigenvalue weighted by Gasteiger charge is 2.59. The number of aliphatic hydroxyl groups is 1. The number of nitriles is 1. The minimum Gasteiger partial charge on any atom is -0.493 e. The molecular formula is C15H14F3NO4S. The fourth-order valence-corrected chi connectivity index (χ4v) is 3.84. The van der Waals surface area contributed by atoms with Crippen LogP contribution in [0.3, 0.4) is 0 Å². The molecule has 1 N–H and O–H groups in total. The van der Waals surface area contributed by atoms with E-state index in [0.717, 1.165) is 18.4 Å². The lowest BCUT2D eigenvalue weighted by molar-refractivity contribution is -0.144. The molecule has 24 heavy (non-hydrogen) atoms. The zero-order valence-electron chi connectivity index (χ0n) is 12.5. The molecular weight excluding hydrogens is 347 g/mol. The lowest BCUT2D eigenvalue weighted by atomic mass is 10.1. The summed E-state index contributed by atoms with van der Waals surface area (Å²) in [7, 11) is -3.94. The van der Waals surface area contributed by atoms with Gasteiger partial charge in [-0.3, -0.25) is 0 Å². The maximum Gasteiger partial charge on any atom is 0.312 e. The molecule has 0 unspecified atom stereocenters. The molecule has 0 aromatic heterocycles. The zero-order valence-corrected chi connectivity index (χ0v) is 13.4. The van der Waals surface area contributed by atoms with Gasteiger partial charge in [-0.15, -0.1) is 0 Å². The molecule has 0 radical (unpaired) electrons. The monoisotopic (exact) mass is 361 g/mol. The fourth-order valence-electron chi connectivity index (χ4n) is 2.90. The highest BCUT2D eigenvalue weighted by molar-refractivity contribution is 7.90. The molecule has 130 valence electrons. The van der Waals surface area contributed by atoms with Gasteiger partial charge < -0.3 is 9.84 Å². The molecule has 1 aromatic rings. The maximum absolute atomic E-state index is 14.2. The maximum atomic E-state index is 14.2. The normalized spacial score (nSPS) is 30.5. The van der Waals surface area contributed by atoms with Crippen molar-refractivity contribution in [2.45, 2.75) is 29.5 Å². The van der Waals surface area contributed by atoms with E-state index in [-0.39, 0.29) is 24.2 Å². The van der Waals surface area contributed by atoms with E-state index >= 15 is 0 Å². The molecule has 0 aliphatic heterocycles. The third-order valence-electron chi connectivity index (χ3n) is 4.38. The first-order valence-electron chi connectivity index (χ1n) is 7.18. The summed E-state index contributed by atoms with van der Waals surface area (Å²) in [6.45, 7) is 0.0390. The zero-order chi connectivity index (χ0) is 17.9. The minimum absolute atomic E-state index is 0.0390. The van der Waals surface area contributed by atoms with Crippen molar-refractivity contribution in [3.8, 4) is 11.8 Å². The second-order valence-corrected chi connectivity index (χ2v) is 8.13. The summed E-state index contributed by atoms with van der Waals surface area (Å²) in [5.74, 6) is -4.62. The van der Waals surface area contributed by atoms with Gasteiger partial charge in [0.1, 0.15) is 11.9 Å². The van der Waals surface area contributed by atoms with Crippen molar-refractivity contribution in [2.24, 2.45) is 11.8 Å². The number of fused-ring (bicyclic) bond motifs is 1. The van der Waals surface area contributed by atoms with Gasteiger partial charge in [-0.1, -0.05) is 0 Å². The number of halogens is 3. The quantitative estimate of drug-likeness (QED) is 0.889. The van der Waals surface area contributed by atoms with Gasteiger partial charge in [0.15, 0.2) is 16.0 Å². The van der Waals surface area contributed by atoms with Gasteiger partial charge in [-0.2, -0.15) is 14.0 Å². The second kappa shape index (κ2) is 5.36. The molecule has 5 nitrogen and oxygen atoms in total. The number of sulfone groups is 1. The third-order valence-corrected chi connectivity index (χ3v) is 5.53. The molecule has 4 atom stereocenters. The molecule has 0 spiro atoms. The molecule has 0 amide bonds. The highest BCUT2D eigenvalue weighted by atomic mass is 32.2. The first-order valence-corrected chi connectivity index (χ1v) is 9.07. The van der Waals surface area contributed by atoms with Crippen molar-refractivity contribution in [3.05, 3.63) is 23.3 Å². The summed E-state index contributed by atoms with van der Waals surface area (Å²) >= 11 is 0. The Kier molecular flexibility index (Phi) is 3.81. The Balaban J connectivity index is 2.03. The summed E-state index contributed by atoms with van der Waals surface area (Å²) in [5, 5.41) is 18.5. The van der Waals surface area contributed by atoms with E-state index in [1.807, 2.05) is 6.07 Å². The number of nitrogens with zero attached hydrogens (tertiary/aromatic N) is 1. The highest BCUT2D eigenvalue weighted by Crippen LogP contribution is 2.57. The third kappa shape index (κ3) is 2.54. The minimum atomic E-state index is -4.14. The lowest BCUT2D eigenvalue weighted by Crippen LogP contribution is -2.24. The van der Waals surface area contributed by atoms with Crippen molar-refractivity contribution < 1.29 is 31.4 Å². The van der Waals surface area contributed by atoms with Crippen molar-refractivity contribution in [2.75, 3.05) is 12.9 Å². The number of ether oxygens (including phenoxy) is 1. The van der Waals surface area contributed by atoms with Gasteiger partial charge in [-0.05, 0) is 18.6 Å². The van der Waals surface area contributed by atoms with Gasteiger partial charge in [0.2, 0.25) is 0 Å². The average Bonchev–Trinajstić information content (AvgIpc) is 3.24. The van der Waals surface area contributed by atoms with Crippen LogP contribution in [0.15, 0.2) is 17.0 Å². The number of benzene rings is 1. The van der Waals surface area contributed by atoms with Crippen LogP contribution in [0.25, 0.3) is 0 Å². The van der Waals surface area contributed by atoms with E-state index in [0.29, 0.717) is 6.42 Å². The van der Waals surface area contributed by atoms with Crippen LogP contribution in [0.4, 0.5) is 13.2 Å². The number of alkyl halides is 3. The number of rotatable bonds is 4. The van der Waals surface area contributed by atoms with E-state index in [9.17, 15) is 26.7 Å². The topological polar surface area (TPSA) is 87.4 Å². The summed E-state index contributed by atoms with van der Waals surface area (Å²) < 4.78 is 70.9. The first-order chi connectivity index (χ1) is 11.1. The smallest absolute Gasteiger partial charge is 0.312 e. The lowest BCUT2D eigenvalue weighted by Gasteiger charge is -2.16. The van der Waals surface area contributed by atoms with E-state index in [4.69, 9.17) is 10.00 Å². The molecule has 0 bridgehead atoms. The van der Waals surface area contributed by atoms with Crippen LogP contribution in [0.1, 0.15) is 29.8 Å². The van der Waals surface area contributed by atoms with Crippen LogP contribution in [-0.2, 0) is 9.84 Å². The van der Waals surface area contributed by atoms with Gasteiger partial charge in [0, 0.05) is 23.3 Å². The van der Waals surface area contributed by atoms with Gasteiger partial charge in [0.25, 0.3) is 0 Å². The number of aliphatic hydroxyl groups excluding tert-OH is 1. The molecule has 1 aromatic carbocycles. The van der Waals surface area contributed by atoms with E-state index < -0.39 is 44.1 Å². The molecule has 1 saturated carbocycles. The summed E-state index contributed by atoms with van der Waals surface area (Å²) in [6, 6.07) is 4.18. The predicted octanol–water partition coefficient (Wildman–Crippen LogP) is 2.32. The van der Waals surface area contributed by atoms with E-state index in [2.05, 4.69) is 0 Å². The van der Waals surface area contributed by atoms with Crippen molar-refractivity contribution >= 4 is 9.84 Å². The largest absolute Gasteiger partial charge is 0.493 e. The fraction of sp³-hybridized carbons (Fsp3) is 0.533. The average molecular weight is 361 g/mol. The van der Waals surface area contributed by atoms with Crippen LogP contribution < -0.4 is 4.74 Å². The Morgan fingerprint density at radius 2 is 2.08 bits per heavy atom. The Morgan fingerprint density at radius 1 is 1.42 bits per heavy atom. The molecule has 0 saturated heterocycles. The number of hydrogen-bond donors (Lipinski definition) is 1. The number of hydrogen-bond acceptors (Lipinski definition) is 5. The van der Waals surface area contributed by atoms with Crippen LogP contribution >= 0.6 is 0 Å². The first kappa shape index (κ1) is 17.0. The van der Waals surface area contributed by atoms with Crippen LogP contribution in [-0.4, -0.2) is 32.3 Å². The standard InChI is InChI=1S/C15H14F3NO4S/c1-24(21,22)10-3-2-9(23-6-8-4-7(8)5-19)11-12(10)14(20)15(17,18)13(11)16/h2-3,7-8,13-14,20H,4,6H2,1H3/t7-,8+,13-,14+/m1/s1. The Labute approximate surface area is 136 Å².